The molecule has 1 aromatic rings. The first kappa shape index (κ1) is 9.69. The van der Waals surface area contributed by atoms with E-state index in [-0.39, 0.29) is 6.10 Å². The highest BCUT2D eigenvalue weighted by Crippen LogP contribution is 2.31. The fourth-order valence-electron chi connectivity index (χ4n) is 1.97. The highest BCUT2D eigenvalue weighted by Gasteiger charge is 2.25. The van der Waals surface area contributed by atoms with Gasteiger partial charge < -0.3 is 5.11 Å². The van der Waals surface area contributed by atoms with Crippen LogP contribution in [0.4, 0.5) is 0 Å². The van der Waals surface area contributed by atoms with Crippen molar-refractivity contribution in [1.29, 1.82) is 0 Å². The number of halogens is 1. The minimum atomic E-state index is -0.0547. The average molecular weight is 261 g/mol. The summed E-state index contributed by atoms with van der Waals surface area (Å²) in [6.07, 6.45) is 4.38. The lowest BCUT2D eigenvalue weighted by atomic mass is 10.0. The molecule has 0 aliphatic heterocycles. The molecule has 1 N–H and O–H groups in total. The van der Waals surface area contributed by atoms with E-state index in [2.05, 4.69) is 27.4 Å². The first-order valence-corrected chi connectivity index (χ1v) is 6.34. The Labute approximate surface area is 90.9 Å². The van der Waals surface area contributed by atoms with Crippen LogP contribution in [0.5, 0.6) is 0 Å². The molecule has 0 amide bonds. The van der Waals surface area contributed by atoms with E-state index in [0.717, 1.165) is 12.8 Å². The van der Waals surface area contributed by atoms with Gasteiger partial charge in [-0.25, -0.2) is 0 Å². The first-order chi connectivity index (χ1) is 6.25. The SMILES string of the molecule is O[C@@H]1CCC[C@H]1Cc1cc(Br)cs1. The van der Waals surface area contributed by atoms with Crippen molar-refractivity contribution >= 4 is 27.3 Å². The molecule has 1 saturated carbocycles. The Balaban J connectivity index is 1.97. The molecule has 1 aromatic heterocycles. The highest BCUT2D eigenvalue weighted by atomic mass is 79.9. The summed E-state index contributed by atoms with van der Waals surface area (Å²) in [4.78, 5) is 1.39. The van der Waals surface area contributed by atoms with Crippen LogP contribution in [0.2, 0.25) is 0 Å². The quantitative estimate of drug-likeness (QED) is 0.866. The van der Waals surface area contributed by atoms with Gasteiger partial charge in [0.2, 0.25) is 0 Å². The van der Waals surface area contributed by atoms with Crippen LogP contribution >= 0.6 is 27.3 Å². The van der Waals surface area contributed by atoms with Crippen molar-refractivity contribution in [3.05, 3.63) is 20.8 Å². The summed E-state index contributed by atoms with van der Waals surface area (Å²) in [7, 11) is 0. The Morgan fingerprint density at radius 2 is 2.38 bits per heavy atom. The molecule has 0 spiro atoms. The number of hydrogen-bond donors (Lipinski definition) is 1. The second-order valence-corrected chi connectivity index (χ2v) is 5.61. The first-order valence-electron chi connectivity index (χ1n) is 4.66. The fourth-order valence-corrected chi connectivity index (χ4v) is 3.52. The van der Waals surface area contributed by atoms with E-state index < -0.39 is 0 Å². The molecule has 0 unspecified atom stereocenters. The topological polar surface area (TPSA) is 20.2 Å². The number of aliphatic hydroxyl groups excluding tert-OH is 1. The van der Waals surface area contributed by atoms with Crippen molar-refractivity contribution < 1.29 is 5.11 Å². The van der Waals surface area contributed by atoms with Crippen molar-refractivity contribution in [2.75, 3.05) is 0 Å². The summed E-state index contributed by atoms with van der Waals surface area (Å²) in [6.45, 7) is 0. The van der Waals surface area contributed by atoms with Crippen LogP contribution in [-0.2, 0) is 6.42 Å². The van der Waals surface area contributed by atoms with Crippen LogP contribution in [0.25, 0.3) is 0 Å². The van der Waals surface area contributed by atoms with Crippen LogP contribution in [0.1, 0.15) is 24.1 Å². The lowest BCUT2D eigenvalue weighted by molar-refractivity contribution is 0.133. The number of thiophene rings is 1. The van der Waals surface area contributed by atoms with Gasteiger partial charge in [0.1, 0.15) is 0 Å². The van der Waals surface area contributed by atoms with Crippen LogP contribution in [0.3, 0.4) is 0 Å². The van der Waals surface area contributed by atoms with Gasteiger partial charge in [-0.3, -0.25) is 0 Å². The molecule has 0 saturated heterocycles. The molecule has 72 valence electrons. The molecule has 1 aliphatic carbocycles. The standard InChI is InChI=1S/C10H13BrOS/c11-8-5-9(13-6-8)4-7-2-1-3-10(7)12/h5-7,10,12H,1-4H2/t7-,10+/m0/s1. The summed E-state index contributed by atoms with van der Waals surface area (Å²) < 4.78 is 1.17. The molecular formula is C10H13BrOS. The van der Waals surface area contributed by atoms with Crippen molar-refractivity contribution in [3.8, 4) is 0 Å². The highest BCUT2D eigenvalue weighted by molar-refractivity contribution is 9.10. The Morgan fingerprint density at radius 3 is 2.92 bits per heavy atom. The molecule has 1 heterocycles. The summed E-state index contributed by atoms with van der Waals surface area (Å²) in [5.74, 6) is 0.505. The maximum absolute atomic E-state index is 9.65. The Kier molecular flexibility index (Phi) is 3.06. The lowest BCUT2D eigenvalue weighted by Gasteiger charge is -2.12. The maximum atomic E-state index is 9.65. The second-order valence-electron chi connectivity index (χ2n) is 3.69. The van der Waals surface area contributed by atoms with Gasteiger partial charge in [-0.05, 0) is 47.2 Å². The maximum Gasteiger partial charge on any atom is 0.0571 e. The summed E-state index contributed by atoms with van der Waals surface area (Å²) in [5.41, 5.74) is 0. The van der Waals surface area contributed by atoms with Gasteiger partial charge in [-0.15, -0.1) is 11.3 Å². The second kappa shape index (κ2) is 4.11. The van der Waals surface area contributed by atoms with Gasteiger partial charge >= 0.3 is 0 Å². The smallest absolute Gasteiger partial charge is 0.0571 e. The van der Waals surface area contributed by atoms with Gasteiger partial charge in [0.05, 0.1) is 6.10 Å². The van der Waals surface area contributed by atoms with Crippen molar-refractivity contribution in [3.63, 3.8) is 0 Å². The van der Waals surface area contributed by atoms with E-state index >= 15 is 0 Å². The molecule has 0 bridgehead atoms. The van der Waals surface area contributed by atoms with Gasteiger partial charge in [0, 0.05) is 14.7 Å². The third kappa shape index (κ3) is 2.33. The fraction of sp³-hybridized carbons (Fsp3) is 0.600. The van der Waals surface area contributed by atoms with E-state index in [4.69, 9.17) is 0 Å². The molecule has 1 fully saturated rings. The zero-order valence-corrected chi connectivity index (χ0v) is 9.77. The third-order valence-electron chi connectivity index (χ3n) is 2.70. The normalized spacial score (nSPS) is 28.2. The largest absolute Gasteiger partial charge is 0.393 e. The third-order valence-corrected chi connectivity index (χ3v) is 4.42. The van der Waals surface area contributed by atoms with Crippen molar-refractivity contribution in [2.24, 2.45) is 5.92 Å². The molecule has 0 radical (unpaired) electrons. The van der Waals surface area contributed by atoms with E-state index in [1.54, 1.807) is 11.3 Å². The van der Waals surface area contributed by atoms with Crippen LogP contribution < -0.4 is 0 Å². The summed E-state index contributed by atoms with van der Waals surface area (Å²) >= 11 is 5.22. The molecule has 1 nitrogen and oxygen atoms in total. The van der Waals surface area contributed by atoms with Gasteiger partial charge in [0.15, 0.2) is 0 Å². The molecule has 13 heavy (non-hydrogen) atoms. The molecular weight excluding hydrogens is 248 g/mol. The van der Waals surface area contributed by atoms with Gasteiger partial charge in [-0.2, -0.15) is 0 Å². The van der Waals surface area contributed by atoms with Gasteiger partial charge in [-0.1, -0.05) is 6.42 Å². The molecule has 3 heteroatoms. The predicted octanol–water partition coefficient (Wildman–Crippen LogP) is 3.21. The van der Waals surface area contributed by atoms with Gasteiger partial charge in [0.25, 0.3) is 0 Å². The van der Waals surface area contributed by atoms with Crippen LogP contribution in [-0.4, -0.2) is 11.2 Å². The predicted molar refractivity (Wildman–Crippen MR) is 59.1 cm³/mol. The molecule has 0 aromatic carbocycles. The van der Waals surface area contributed by atoms with E-state index in [0.29, 0.717) is 5.92 Å². The number of rotatable bonds is 2. The van der Waals surface area contributed by atoms with E-state index in [1.165, 1.54) is 22.2 Å². The minimum absolute atomic E-state index is 0.0547. The molecule has 1 aliphatic rings. The zero-order chi connectivity index (χ0) is 9.26. The lowest BCUT2D eigenvalue weighted by Crippen LogP contribution is -2.14. The zero-order valence-electron chi connectivity index (χ0n) is 7.37. The van der Waals surface area contributed by atoms with Crippen LogP contribution in [0.15, 0.2) is 15.9 Å². The molecule has 2 atom stereocenters. The van der Waals surface area contributed by atoms with Crippen molar-refractivity contribution in [1.82, 2.24) is 0 Å². The number of hydrogen-bond acceptors (Lipinski definition) is 2. The van der Waals surface area contributed by atoms with Crippen molar-refractivity contribution in [2.45, 2.75) is 31.8 Å². The Morgan fingerprint density at radius 1 is 1.54 bits per heavy atom. The monoisotopic (exact) mass is 260 g/mol. The van der Waals surface area contributed by atoms with E-state index in [9.17, 15) is 5.11 Å². The molecule has 2 rings (SSSR count). The average Bonchev–Trinajstić information content (AvgIpc) is 2.64. The summed E-state index contributed by atoms with van der Waals surface area (Å²) in [5, 5.41) is 11.8. The van der Waals surface area contributed by atoms with E-state index in [1.807, 2.05) is 0 Å². The number of aliphatic hydroxyl groups is 1. The Bertz CT molecular complexity index is 284. The minimum Gasteiger partial charge on any atom is -0.393 e. The summed E-state index contributed by atoms with van der Waals surface area (Å²) in [6, 6.07) is 2.16. The van der Waals surface area contributed by atoms with Crippen LogP contribution in [0, 0.1) is 5.92 Å². The Hall–Kier alpha value is 0.140.